The Hall–Kier alpha value is -2.18. The molecule has 2 aromatic heterocycles. The molecule has 2 heterocycles. The zero-order valence-corrected chi connectivity index (χ0v) is 9.65. The third kappa shape index (κ3) is 2.90. The summed E-state index contributed by atoms with van der Waals surface area (Å²) in [6.07, 6.45) is 0.671. The Balaban J connectivity index is 2.08. The lowest BCUT2D eigenvalue weighted by Gasteiger charge is -2.03. The molecule has 2 N–H and O–H groups in total. The van der Waals surface area contributed by atoms with Gasteiger partial charge in [0.05, 0.1) is 6.54 Å². The standard InChI is InChI=1S/C10H13N5O2/c1-3-7-13-8(4-9(16)14-7)11-5-10-12-6(2)15-17-10/h4H,3,5H2,1-2H3,(H2,11,13,14,16). The Morgan fingerprint density at radius 1 is 1.47 bits per heavy atom. The molecule has 0 amide bonds. The molecule has 0 aromatic carbocycles. The Labute approximate surface area is 97.3 Å². The van der Waals surface area contributed by atoms with Crippen LogP contribution in [-0.2, 0) is 13.0 Å². The van der Waals surface area contributed by atoms with E-state index in [0.717, 1.165) is 0 Å². The molecule has 0 bridgehead atoms. The van der Waals surface area contributed by atoms with E-state index in [1.165, 1.54) is 6.07 Å². The maximum Gasteiger partial charge on any atom is 0.252 e. The minimum Gasteiger partial charge on any atom is -0.361 e. The van der Waals surface area contributed by atoms with E-state index in [9.17, 15) is 4.79 Å². The normalized spacial score (nSPS) is 10.5. The number of aromatic amines is 1. The van der Waals surface area contributed by atoms with Gasteiger partial charge >= 0.3 is 0 Å². The summed E-state index contributed by atoms with van der Waals surface area (Å²) in [6, 6.07) is 1.39. The average Bonchev–Trinajstić information content (AvgIpc) is 2.72. The molecule has 0 saturated heterocycles. The molecule has 7 nitrogen and oxygen atoms in total. The minimum absolute atomic E-state index is 0.180. The first-order valence-electron chi connectivity index (χ1n) is 5.30. The summed E-state index contributed by atoms with van der Waals surface area (Å²) in [7, 11) is 0. The van der Waals surface area contributed by atoms with Crippen molar-refractivity contribution < 1.29 is 4.52 Å². The highest BCUT2D eigenvalue weighted by Gasteiger charge is 2.04. The first-order valence-corrected chi connectivity index (χ1v) is 5.30. The number of nitrogens with zero attached hydrogens (tertiary/aromatic N) is 3. The van der Waals surface area contributed by atoms with Crippen LogP contribution in [0.4, 0.5) is 5.82 Å². The van der Waals surface area contributed by atoms with E-state index < -0.39 is 0 Å². The summed E-state index contributed by atoms with van der Waals surface area (Å²) < 4.78 is 4.94. The van der Waals surface area contributed by atoms with E-state index in [4.69, 9.17) is 4.52 Å². The summed E-state index contributed by atoms with van der Waals surface area (Å²) in [5.74, 6) is 2.18. The van der Waals surface area contributed by atoms with Crippen LogP contribution in [-0.4, -0.2) is 20.1 Å². The molecule has 17 heavy (non-hydrogen) atoms. The van der Waals surface area contributed by atoms with Gasteiger partial charge in [-0.2, -0.15) is 4.98 Å². The number of nitrogens with one attached hydrogen (secondary N) is 2. The Morgan fingerprint density at radius 2 is 2.29 bits per heavy atom. The SMILES string of the molecule is CCc1nc(NCc2nc(C)no2)cc(=O)[nH]1. The number of rotatable bonds is 4. The molecule has 0 unspecified atom stereocenters. The average molecular weight is 235 g/mol. The van der Waals surface area contributed by atoms with E-state index in [1.54, 1.807) is 6.92 Å². The second-order valence-electron chi connectivity index (χ2n) is 3.52. The van der Waals surface area contributed by atoms with Gasteiger partial charge in [-0.3, -0.25) is 4.79 Å². The number of aryl methyl sites for hydroxylation is 2. The van der Waals surface area contributed by atoms with E-state index in [0.29, 0.717) is 36.3 Å². The van der Waals surface area contributed by atoms with Crippen LogP contribution in [0.5, 0.6) is 0 Å². The summed E-state index contributed by atoms with van der Waals surface area (Å²) in [5.41, 5.74) is -0.180. The van der Waals surface area contributed by atoms with Crippen molar-refractivity contribution in [1.29, 1.82) is 0 Å². The second kappa shape index (κ2) is 4.77. The molecule has 2 aromatic rings. The van der Waals surface area contributed by atoms with Gasteiger partial charge < -0.3 is 14.8 Å². The van der Waals surface area contributed by atoms with Crippen molar-refractivity contribution in [1.82, 2.24) is 20.1 Å². The van der Waals surface area contributed by atoms with Gasteiger partial charge in [-0.1, -0.05) is 12.1 Å². The van der Waals surface area contributed by atoms with Gasteiger partial charge in [0.2, 0.25) is 5.89 Å². The maximum atomic E-state index is 11.3. The van der Waals surface area contributed by atoms with E-state index in [-0.39, 0.29) is 5.56 Å². The Bertz CT molecular complexity index is 560. The Morgan fingerprint density at radius 3 is 2.94 bits per heavy atom. The van der Waals surface area contributed by atoms with Crippen molar-refractivity contribution in [3.8, 4) is 0 Å². The van der Waals surface area contributed by atoms with Gasteiger partial charge in [0.1, 0.15) is 11.6 Å². The highest BCUT2D eigenvalue weighted by atomic mass is 16.5. The molecule has 0 atom stereocenters. The quantitative estimate of drug-likeness (QED) is 0.807. The summed E-state index contributed by atoms with van der Waals surface area (Å²) >= 11 is 0. The van der Waals surface area contributed by atoms with E-state index in [1.807, 2.05) is 6.92 Å². The van der Waals surface area contributed by atoms with Crippen LogP contribution < -0.4 is 10.9 Å². The monoisotopic (exact) mass is 235 g/mol. The number of H-pyrrole nitrogens is 1. The lowest BCUT2D eigenvalue weighted by atomic mass is 10.4. The molecule has 0 fully saturated rings. The summed E-state index contributed by atoms with van der Waals surface area (Å²) in [5, 5.41) is 6.63. The zero-order chi connectivity index (χ0) is 12.3. The molecular formula is C10H13N5O2. The molecule has 0 saturated carbocycles. The van der Waals surface area contributed by atoms with Crippen molar-refractivity contribution in [3.63, 3.8) is 0 Å². The molecule has 0 aliphatic carbocycles. The fourth-order valence-electron chi connectivity index (χ4n) is 1.34. The van der Waals surface area contributed by atoms with Gasteiger partial charge in [0, 0.05) is 12.5 Å². The zero-order valence-electron chi connectivity index (χ0n) is 9.65. The van der Waals surface area contributed by atoms with Gasteiger partial charge in [0.15, 0.2) is 5.82 Å². The molecule has 0 radical (unpaired) electrons. The lowest BCUT2D eigenvalue weighted by molar-refractivity contribution is 0.379. The fourth-order valence-corrected chi connectivity index (χ4v) is 1.34. The predicted molar refractivity (Wildman–Crippen MR) is 60.6 cm³/mol. The van der Waals surface area contributed by atoms with Crippen LogP contribution in [0.25, 0.3) is 0 Å². The van der Waals surface area contributed by atoms with Crippen LogP contribution in [0.15, 0.2) is 15.4 Å². The molecule has 0 aliphatic rings. The maximum absolute atomic E-state index is 11.3. The highest BCUT2D eigenvalue weighted by molar-refractivity contribution is 5.32. The highest BCUT2D eigenvalue weighted by Crippen LogP contribution is 2.03. The topological polar surface area (TPSA) is 96.7 Å². The number of hydrogen-bond acceptors (Lipinski definition) is 6. The molecule has 0 spiro atoms. The number of hydrogen-bond donors (Lipinski definition) is 2. The second-order valence-corrected chi connectivity index (χ2v) is 3.52. The van der Waals surface area contributed by atoms with Gasteiger partial charge in [-0.05, 0) is 6.92 Å². The molecule has 90 valence electrons. The number of anilines is 1. The van der Waals surface area contributed by atoms with E-state index in [2.05, 4.69) is 25.4 Å². The van der Waals surface area contributed by atoms with Gasteiger partial charge in [-0.15, -0.1) is 0 Å². The van der Waals surface area contributed by atoms with E-state index >= 15 is 0 Å². The van der Waals surface area contributed by atoms with Crippen molar-refractivity contribution >= 4 is 5.82 Å². The molecule has 7 heteroatoms. The van der Waals surface area contributed by atoms with Crippen molar-refractivity contribution in [2.75, 3.05) is 5.32 Å². The molecule has 0 aliphatic heterocycles. The van der Waals surface area contributed by atoms with Crippen LogP contribution in [0.1, 0.15) is 24.5 Å². The molecule has 2 rings (SSSR count). The molecular weight excluding hydrogens is 222 g/mol. The first kappa shape index (κ1) is 11.3. The third-order valence-electron chi connectivity index (χ3n) is 2.12. The largest absolute Gasteiger partial charge is 0.361 e. The minimum atomic E-state index is -0.180. The van der Waals surface area contributed by atoms with Crippen LogP contribution in [0.2, 0.25) is 0 Å². The Kier molecular flexibility index (Phi) is 3.17. The predicted octanol–water partition coefficient (Wildman–Crippen LogP) is 0.636. The van der Waals surface area contributed by atoms with Crippen molar-refractivity contribution in [3.05, 3.63) is 34.0 Å². The lowest BCUT2D eigenvalue weighted by Crippen LogP contribution is -2.13. The first-order chi connectivity index (χ1) is 8.17. The van der Waals surface area contributed by atoms with Crippen molar-refractivity contribution in [2.24, 2.45) is 0 Å². The van der Waals surface area contributed by atoms with Gasteiger partial charge in [0.25, 0.3) is 5.56 Å². The van der Waals surface area contributed by atoms with Crippen LogP contribution >= 0.6 is 0 Å². The fraction of sp³-hybridized carbons (Fsp3) is 0.400. The summed E-state index contributed by atoms with van der Waals surface area (Å²) in [6.45, 7) is 4.01. The summed E-state index contributed by atoms with van der Waals surface area (Å²) in [4.78, 5) is 22.2. The third-order valence-corrected chi connectivity index (χ3v) is 2.12. The van der Waals surface area contributed by atoms with Crippen LogP contribution in [0, 0.1) is 6.92 Å². The van der Waals surface area contributed by atoms with Crippen molar-refractivity contribution in [2.45, 2.75) is 26.8 Å². The number of aromatic nitrogens is 4. The smallest absolute Gasteiger partial charge is 0.252 e. The van der Waals surface area contributed by atoms with Crippen LogP contribution in [0.3, 0.4) is 0 Å². The van der Waals surface area contributed by atoms with Gasteiger partial charge in [-0.25, -0.2) is 4.98 Å².